The summed E-state index contributed by atoms with van der Waals surface area (Å²) in [6.07, 6.45) is 0.827. The SMILES string of the molecule is COc1ccc(C2CC(=O)C3C(=Nc4nc(N)nn4C3c3ccccc3F)C2)cc1OC. The minimum absolute atomic E-state index is 0.0252. The fourth-order valence-corrected chi connectivity index (χ4v) is 4.71. The largest absolute Gasteiger partial charge is 0.493 e. The summed E-state index contributed by atoms with van der Waals surface area (Å²) in [5.41, 5.74) is 7.80. The van der Waals surface area contributed by atoms with Gasteiger partial charge in [0, 0.05) is 17.7 Å². The van der Waals surface area contributed by atoms with E-state index in [1.54, 1.807) is 32.4 Å². The summed E-state index contributed by atoms with van der Waals surface area (Å²) in [6.45, 7) is 0. The molecule has 9 heteroatoms. The molecule has 3 atom stereocenters. The lowest BCUT2D eigenvalue weighted by atomic mass is 9.71. The summed E-state index contributed by atoms with van der Waals surface area (Å²) in [6, 6.07) is 11.4. The van der Waals surface area contributed by atoms with Crippen LogP contribution in [0.3, 0.4) is 0 Å². The van der Waals surface area contributed by atoms with Crippen LogP contribution in [0.4, 0.5) is 16.3 Å². The van der Waals surface area contributed by atoms with Crippen LogP contribution >= 0.6 is 0 Å². The molecule has 164 valence electrons. The number of hydrogen-bond acceptors (Lipinski definition) is 7. The first-order valence-corrected chi connectivity index (χ1v) is 10.3. The molecule has 2 aromatic carbocycles. The highest BCUT2D eigenvalue weighted by molar-refractivity contribution is 6.10. The quantitative estimate of drug-likeness (QED) is 0.673. The fraction of sp³-hybridized carbons (Fsp3) is 0.304. The number of Topliss-reactive ketones (excluding diaryl/α,β-unsaturated/α-hetero) is 1. The van der Waals surface area contributed by atoms with Gasteiger partial charge in [-0.2, -0.15) is 4.98 Å². The van der Waals surface area contributed by atoms with Crippen molar-refractivity contribution in [2.24, 2.45) is 10.9 Å². The van der Waals surface area contributed by atoms with Gasteiger partial charge in [0.1, 0.15) is 11.6 Å². The van der Waals surface area contributed by atoms with E-state index in [0.717, 1.165) is 5.56 Å². The summed E-state index contributed by atoms with van der Waals surface area (Å²) in [7, 11) is 3.15. The first-order chi connectivity index (χ1) is 15.5. The Balaban J connectivity index is 1.57. The van der Waals surface area contributed by atoms with E-state index in [0.29, 0.717) is 35.6 Å². The summed E-state index contributed by atoms with van der Waals surface area (Å²) >= 11 is 0. The third kappa shape index (κ3) is 3.21. The van der Waals surface area contributed by atoms with E-state index in [-0.39, 0.29) is 23.6 Å². The Morgan fingerprint density at radius 3 is 2.62 bits per heavy atom. The van der Waals surface area contributed by atoms with Gasteiger partial charge in [0.25, 0.3) is 0 Å². The van der Waals surface area contributed by atoms with Crippen LogP contribution in [0.1, 0.15) is 35.9 Å². The number of nitrogens with two attached hydrogens (primary N) is 1. The van der Waals surface area contributed by atoms with E-state index in [1.807, 2.05) is 18.2 Å². The van der Waals surface area contributed by atoms with Gasteiger partial charge in [-0.3, -0.25) is 4.79 Å². The number of rotatable bonds is 4. The van der Waals surface area contributed by atoms with Crippen LogP contribution < -0.4 is 15.2 Å². The van der Waals surface area contributed by atoms with Crippen LogP contribution in [-0.4, -0.2) is 40.5 Å². The molecular formula is C23H22FN5O3. The number of benzene rings is 2. The number of anilines is 1. The number of aliphatic imine (C=N–C) groups is 1. The van der Waals surface area contributed by atoms with Crippen LogP contribution in [0.5, 0.6) is 11.5 Å². The molecule has 2 aliphatic rings. The van der Waals surface area contributed by atoms with Gasteiger partial charge in [-0.15, -0.1) is 5.10 Å². The number of carbonyl (C=O) groups is 1. The zero-order valence-corrected chi connectivity index (χ0v) is 17.7. The first-order valence-electron chi connectivity index (χ1n) is 10.3. The van der Waals surface area contributed by atoms with E-state index < -0.39 is 17.8 Å². The molecule has 0 radical (unpaired) electrons. The number of hydrogen-bond donors (Lipinski definition) is 1. The number of ketones is 1. The van der Waals surface area contributed by atoms with Crippen molar-refractivity contribution in [3.8, 4) is 11.5 Å². The van der Waals surface area contributed by atoms with Gasteiger partial charge in [-0.25, -0.2) is 14.1 Å². The molecule has 32 heavy (non-hydrogen) atoms. The number of halogens is 1. The predicted octanol–water partition coefficient (Wildman–Crippen LogP) is 3.46. The van der Waals surface area contributed by atoms with Gasteiger partial charge in [0.2, 0.25) is 11.9 Å². The Labute approximate surface area is 183 Å². The van der Waals surface area contributed by atoms with Gasteiger partial charge in [-0.1, -0.05) is 24.3 Å². The summed E-state index contributed by atoms with van der Waals surface area (Å²) in [5, 5.41) is 4.22. The lowest BCUT2D eigenvalue weighted by molar-refractivity contribution is -0.122. The Morgan fingerprint density at radius 2 is 1.88 bits per heavy atom. The lowest BCUT2D eigenvalue weighted by Gasteiger charge is -2.37. The molecule has 2 heterocycles. The molecule has 3 unspecified atom stereocenters. The van der Waals surface area contributed by atoms with Crippen molar-refractivity contribution in [3.63, 3.8) is 0 Å². The van der Waals surface area contributed by atoms with Crippen LogP contribution in [0, 0.1) is 11.7 Å². The number of ether oxygens (including phenoxy) is 2. The van der Waals surface area contributed by atoms with E-state index in [1.165, 1.54) is 10.7 Å². The third-order valence-electron chi connectivity index (χ3n) is 6.16. The number of methoxy groups -OCH3 is 2. The Bertz CT molecular complexity index is 1240. The van der Waals surface area contributed by atoms with Crippen molar-refractivity contribution in [2.45, 2.75) is 24.8 Å². The average Bonchev–Trinajstić information content (AvgIpc) is 3.17. The van der Waals surface area contributed by atoms with E-state index in [4.69, 9.17) is 15.2 Å². The molecule has 5 rings (SSSR count). The molecule has 2 N–H and O–H groups in total. The second kappa shape index (κ2) is 7.74. The predicted molar refractivity (Wildman–Crippen MR) is 116 cm³/mol. The molecule has 8 nitrogen and oxygen atoms in total. The minimum atomic E-state index is -0.678. The number of aromatic nitrogens is 3. The number of nitrogen functional groups attached to an aromatic ring is 1. The van der Waals surface area contributed by atoms with Crippen molar-refractivity contribution in [1.82, 2.24) is 14.8 Å². The van der Waals surface area contributed by atoms with Crippen molar-refractivity contribution >= 4 is 23.4 Å². The summed E-state index contributed by atoms with van der Waals surface area (Å²) in [4.78, 5) is 22.3. The van der Waals surface area contributed by atoms with Crippen molar-refractivity contribution in [3.05, 3.63) is 59.4 Å². The van der Waals surface area contributed by atoms with Gasteiger partial charge in [-0.05, 0) is 36.1 Å². The normalized spacial score (nSPS) is 22.0. The highest BCUT2D eigenvalue weighted by Crippen LogP contribution is 2.45. The maximum atomic E-state index is 14.8. The highest BCUT2D eigenvalue weighted by Gasteiger charge is 2.45. The van der Waals surface area contributed by atoms with Crippen LogP contribution in [0.25, 0.3) is 0 Å². The molecule has 0 spiro atoms. The van der Waals surface area contributed by atoms with Crippen molar-refractivity contribution < 1.29 is 18.7 Å². The maximum absolute atomic E-state index is 14.8. The smallest absolute Gasteiger partial charge is 0.250 e. The molecule has 1 aliphatic carbocycles. The number of fused-ring (bicyclic) bond motifs is 2. The Hall–Kier alpha value is -3.75. The fourth-order valence-electron chi connectivity index (χ4n) is 4.71. The average molecular weight is 435 g/mol. The van der Waals surface area contributed by atoms with Crippen LogP contribution in [0.2, 0.25) is 0 Å². The standard InChI is InChI=1S/C23H22FN5O3/c1-31-18-8-7-12(11-19(18)32-2)13-9-16-20(17(30)10-13)21(14-5-3-4-6-15(14)24)29-23(26-16)27-22(25)28-29/h3-8,11,13,20-21H,9-10H2,1-2H3,(H2,25,28). The Morgan fingerprint density at radius 1 is 1.09 bits per heavy atom. The second-order valence-corrected chi connectivity index (χ2v) is 7.95. The zero-order valence-electron chi connectivity index (χ0n) is 17.7. The molecule has 1 aliphatic heterocycles. The van der Waals surface area contributed by atoms with Gasteiger partial charge >= 0.3 is 0 Å². The highest BCUT2D eigenvalue weighted by atomic mass is 19.1. The molecule has 1 saturated carbocycles. The van der Waals surface area contributed by atoms with Crippen molar-refractivity contribution in [2.75, 3.05) is 20.0 Å². The van der Waals surface area contributed by atoms with E-state index in [2.05, 4.69) is 15.1 Å². The number of nitrogens with zero attached hydrogens (tertiary/aromatic N) is 4. The molecule has 1 aromatic heterocycles. The summed E-state index contributed by atoms with van der Waals surface area (Å²) in [5.74, 6) is 0.381. The van der Waals surface area contributed by atoms with Crippen LogP contribution in [-0.2, 0) is 4.79 Å². The Kier molecular flexibility index (Phi) is 4.88. The minimum Gasteiger partial charge on any atom is -0.493 e. The van der Waals surface area contributed by atoms with Gasteiger partial charge < -0.3 is 15.2 Å². The molecule has 0 bridgehead atoms. The molecule has 0 saturated heterocycles. The molecule has 0 amide bonds. The second-order valence-electron chi connectivity index (χ2n) is 7.95. The summed E-state index contributed by atoms with van der Waals surface area (Å²) < 4.78 is 27.0. The zero-order chi connectivity index (χ0) is 22.4. The first kappa shape index (κ1) is 20.2. The topological polar surface area (TPSA) is 105 Å². The molecular weight excluding hydrogens is 413 g/mol. The van der Waals surface area contributed by atoms with Gasteiger partial charge in [0.15, 0.2) is 11.5 Å². The maximum Gasteiger partial charge on any atom is 0.250 e. The third-order valence-corrected chi connectivity index (χ3v) is 6.16. The van der Waals surface area contributed by atoms with Gasteiger partial charge in [0.05, 0.1) is 26.2 Å². The van der Waals surface area contributed by atoms with Crippen LogP contribution in [0.15, 0.2) is 47.5 Å². The van der Waals surface area contributed by atoms with E-state index in [9.17, 15) is 9.18 Å². The number of carbonyl (C=O) groups excluding carboxylic acids is 1. The van der Waals surface area contributed by atoms with E-state index >= 15 is 0 Å². The molecule has 1 fully saturated rings. The molecule has 3 aromatic rings. The lowest BCUT2D eigenvalue weighted by Crippen LogP contribution is -2.42. The monoisotopic (exact) mass is 435 g/mol. The van der Waals surface area contributed by atoms with Crippen molar-refractivity contribution in [1.29, 1.82) is 0 Å².